The summed E-state index contributed by atoms with van der Waals surface area (Å²) < 4.78 is 1.16. The number of aliphatic hydroxyl groups excluding tert-OH is 1. The van der Waals surface area contributed by atoms with Crippen LogP contribution < -0.4 is 5.56 Å². The van der Waals surface area contributed by atoms with Crippen molar-refractivity contribution in [3.05, 3.63) is 51.9 Å². The molecule has 2 N–H and O–H groups in total. The smallest absolute Gasteiger partial charge is 0.275 e. The van der Waals surface area contributed by atoms with Crippen molar-refractivity contribution in [1.82, 2.24) is 9.78 Å². The van der Waals surface area contributed by atoms with Crippen LogP contribution >= 0.6 is 0 Å². The summed E-state index contributed by atoms with van der Waals surface area (Å²) >= 11 is 0. The number of benzene rings is 1. The minimum atomic E-state index is -0.436. The topological polar surface area (TPSA) is 75.3 Å². The molecule has 0 aliphatic carbocycles. The Bertz CT molecular complexity index is 603. The molecule has 0 spiro atoms. The van der Waals surface area contributed by atoms with Gasteiger partial charge in [-0.05, 0) is 24.1 Å². The highest BCUT2D eigenvalue weighted by Gasteiger charge is 2.08. The van der Waals surface area contributed by atoms with E-state index < -0.39 is 12.2 Å². The molecule has 5 heteroatoms. The molecule has 2 rings (SSSR count). The van der Waals surface area contributed by atoms with Crippen LogP contribution in [-0.4, -0.2) is 20.0 Å². The van der Waals surface area contributed by atoms with Gasteiger partial charge in [-0.25, -0.2) is 0 Å². The van der Waals surface area contributed by atoms with Gasteiger partial charge in [-0.3, -0.25) is 4.79 Å². The number of nitrogens with zero attached hydrogens (tertiary/aromatic N) is 2. The molecule has 0 aliphatic heterocycles. The van der Waals surface area contributed by atoms with Crippen LogP contribution in [0.2, 0.25) is 0 Å². The van der Waals surface area contributed by atoms with Gasteiger partial charge in [0, 0.05) is 6.07 Å². The number of aromatic nitrogens is 2. The van der Waals surface area contributed by atoms with Crippen molar-refractivity contribution in [1.29, 1.82) is 0 Å². The maximum absolute atomic E-state index is 11.7. The summed E-state index contributed by atoms with van der Waals surface area (Å²) in [6.07, 6.45) is 0.917. The van der Waals surface area contributed by atoms with Gasteiger partial charge >= 0.3 is 0 Å². The van der Waals surface area contributed by atoms with Gasteiger partial charge in [-0.1, -0.05) is 19.1 Å². The first-order valence-electron chi connectivity index (χ1n) is 5.68. The predicted octanol–water partition coefficient (Wildman–Crippen LogP) is 0.993. The lowest BCUT2D eigenvalue weighted by Crippen LogP contribution is -2.21. The number of hydrogen-bond donors (Lipinski definition) is 2. The first-order valence-corrected chi connectivity index (χ1v) is 5.68. The maximum atomic E-state index is 11.7. The number of rotatable bonds is 3. The summed E-state index contributed by atoms with van der Waals surface area (Å²) in [5.41, 5.74) is 1.41. The summed E-state index contributed by atoms with van der Waals surface area (Å²) in [7, 11) is 0. The molecule has 0 amide bonds. The van der Waals surface area contributed by atoms with Gasteiger partial charge < -0.3 is 10.2 Å². The molecule has 0 saturated carbocycles. The second-order valence-electron chi connectivity index (χ2n) is 3.90. The van der Waals surface area contributed by atoms with E-state index in [4.69, 9.17) is 5.11 Å². The fourth-order valence-electron chi connectivity index (χ4n) is 1.65. The van der Waals surface area contributed by atoms with E-state index in [0.29, 0.717) is 5.69 Å². The Balaban J connectivity index is 2.52. The summed E-state index contributed by atoms with van der Waals surface area (Å²) in [6, 6.07) is 8.44. The van der Waals surface area contributed by atoms with E-state index in [-0.39, 0.29) is 11.4 Å². The predicted molar refractivity (Wildman–Crippen MR) is 66.8 cm³/mol. The molecule has 0 bridgehead atoms. The zero-order chi connectivity index (χ0) is 13.1. The van der Waals surface area contributed by atoms with Crippen LogP contribution in [0, 0.1) is 0 Å². The van der Waals surface area contributed by atoms with Crippen LogP contribution in [0.15, 0.2) is 35.1 Å². The Morgan fingerprint density at radius 1 is 1.28 bits per heavy atom. The van der Waals surface area contributed by atoms with Crippen molar-refractivity contribution in [2.45, 2.75) is 20.0 Å². The van der Waals surface area contributed by atoms with E-state index in [1.54, 1.807) is 12.1 Å². The van der Waals surface area contributed by atoms with E-state index in [1.165, 1.54) is 0 Å². The lowest BCUT2D eigenvalue weighted by Gasteiger charge is -2.07. The van der Waals surface area contributed by atoms with E-state index in [2.05, 4.69) is 5.10 Å². The summed E-state index contributed by atoms with van der Waals surface area (Å²) in [5.74, 6) is -0.288. The van der Waals surface area contributed by atoms with Crippen LogP contribution in [0.4, 0.5) is 0 Å². The first-order chi connectivity index (χ1) is 8.65. The monoisotopic (exact) mass is 246 g/mol. The molecular formula is C13H14N2O3. The van der Waals surface area contributed by atoms with Crippen LogP contribution in [0.5, 0.6) is 5.75 Å². The zero-order valence-corrected chi connectivity index (χ0v) is 10.00. The van der Waals surface area contributed by atoms with Crippen molar-refractivity contribution >= 4 is 0 Å². The van der Waals surface area contributed by atoms with Gasteiger partial charge in [0.05, 0.1) is 12.3 Å². The molecular weight excluding hydrogens is 232 g/mol. The first kappa shape index (κ1) is 12.3. The van der Waals surface area contributed by atoms with Crippen molar-refractivity contribution in [2.75, 3.05) is 0 Å². The minimum absolute atomic E-state index is 0.0779. The molecule has 1 aromatic carbocycles. The quantitative estimate of drug-likeness (QED) is 0.847. The average molecular weight is 246 g/mol. The molecule has 0 saturated heterocycles. The van der Waals surface area contributed by atoms with Gasteiger partial charge in [0.2, 0.25) is 0 Å². The second-order valence-corrected chi connectivity index (χ2v) is 3.90. The molecule has 18 heavy (non-hydrogen) atoms. The highest BCUT2D eigenvalue weighted by molar-refractivity contribution is 5.35. The normalized spacial score (nSPS) is 10.6. The highest BCUT2D eigenvalue weighted by atomic mass is 16.3. The average Bonchev–Trinajstić information content (AvgIpc) is 2.39. The SMILES string of the molecule is CCc1ccc(-n2nc(CO)c(O)cc2=O)cc1. The molecule has 0 unspecified atom stereocenters. The van der Waals surface area contributed by atoms with Crippen LogP contribution in [0.1, 0.15) is 18.2 Å². The van der Waals surface area contributed by atoms with Crippen LogP contribution in [0.3, 0.4) is 0 Å². The fourth-order valence-corrected chi connectivity index (χ4v) is 1.65. The van der Waals surface area contributed by atoms with E-state index >= 15 is 0 Å². The molecule has 94 valence electrons. The number of aliphatic hydroxyl groups is 1. The van der Waals surface area contributed by atoms with Gasteiger partial charge in [0.1, 0.15) is 11.4 Å². The zero-order valence-electron chi connectivity index (χ0n) is 10.00. The molecule has 1 aromatic heterocycles. The highest BCUT2D eigenvalue weighted by Crippen LogP contribution is 2.13. The molecule has 5 nitrogen and oxygen atoms in total. The van der Waals surface area contributed by atoms with Crippen LogP contribution in [-0.2, 0) is 13.0 Å². The Kier molecular flexibility index (Phi) is 3.43. The van der Waals surface area contributed by atoms with Gasteiger partial charge in [0.15, 0.2) is 0 Å². The molecule has 1 heterocycles. The van der Waals surface area contributed by atoms with Crippen molar-refractivity contribution in [3.63, 3.8) is 0 Å². The van der Waals surface area contributed by atoms with E-state index in [0.717, 1.165) is 22.7 Å². The number of hydrogen-bond acceptors (Lipinski definition) is 4. The van der Waals surface area contributed by atoms with Crippen molar-refractivity contribution in [3.8, 4) is 11.4 Å². The van der Waals surface area contributed by atoms with Crippen molar-refractivity contribution < 1.29 is 10.2 Å². The van der Waals surface area contributed by atoms with Gasteiger partial charge in [-0.15, -0.1) is 0 Å². The third-order valence-electron chi connectivity index (χ3n) is 2.72. The van der Waals surface area contributed by atoms with E-state index in [1.807, 2.05) is 19.1 Å². The number of aryl methyl sites for hydroxylation is 1. The molecule has 2 aromatic rings. The van der Waals surface area contributed by atoms with Gasteiger partial charge in [-0.2, -0.15) is 9.78 Å². The molecule has 0 fully saturated rings. The largest absolute Gasteiger partial charge is 0.506 e. The van der Waals surface area contributed by atoms with Gasteiger partial charge in [0.25, 0.3) is 5.56 Å². The lowest BCUT2D eigenvalue weighted by atomic mass is 10.1. The Morgan fingerprint density at radius 3 is 2.50 bits per heavy atom. The summed E-state index contributed by atoms with van der Waals surface area (Å²) in [4.78, 5) is 11.7. The standard InChI is InChI=1S/C13H14N2O3/c1-2-9-3-5-10(6-4-9)15-13(18)7-12(17)11(8-16)14-15/h3-7,16-17H,2,8H2,1H3. The fraction of sp³-hybridized carbons (Fsp3) is 0.231. The second kappa shape index (κ2) is 5.01. The Morgan fingerprint density at radius 2 is 1.94 bits per heavy atom. The Hall–Kier alpha value is -2.14. The molecule has 0 aliphatic rings. The summed E-state index contributed by atoms with van der Waals surface area (Å²) in [6.45, 7) is 1.63. The molecule has 0 atom stereocenters. The third-order valence-corrected chi connectivity index (χ3v) is 2.72. The third kappa shape index (κ3) is 2.26. The minimum Gasteiger partial charge on any atom is -0.506 e. The summed E-state index contributed by atoms with van der Waals surface area (Å²) in [5, 5.41) is 22.4. The maximum Gasteiger partial charge on any atom is 0.275 e. The molecule has 0 radical (unpaired) electrons. The Labute approximate surface area is 104 Å². The number of aromatic hydroxyl groups is 1. The van der Waals surface area contributed by atoms with Crippen molar-refractivity contribution in [2.24, 2.45) is 0 Å². The van der Waals surface area contributed by atoms with E-state index in [9.17, 15) is 9.90 Å². The lowest BCUT2D eigenvalue weighted by molar-refractivity contribution is 0.266. The van der Waals surface area contributed by atoms with Crippen LogP contribution in [0.25, 0.3) is 5.69 Å².